The lowest BCUT2D eigenvalue weighted by molar-refractivity contribution is 0.0944. The molecule has 0 bridgehead atoms. The Labute approximate surface area is 181 Å². The number of carbonyl (C=O) groups excluding carboxylic acids is 1. The molecule has 0 aliphatic rings. The second-order valence-corrected chi connectivity index (χ2v) is 8.74. The van der Waals surface area contributed by atoms with Gasteiger partial charge in [0, 0.05) is 16.9 Å². The average molecular weight is 434 g/mol. The molecular formula is C23H16FN3OS2. The fourth-order valence-corrected chi connectivity index (χ4v) is 4.94. The van der Waals surface area contributed by atoms with Crippen molar-refractivity contribution in [3.63, 3.8) is 0 Å². The van der Waals surface area contributed by atoms with Crippen LogP contribution in [0.4, 0.5) is 4.39 Å². The lowest BCUT2D eigenvalue weighted by Gasteiger charge is -2.13. The van der Waals surface area contributed by atoms with Crippen LogP contribution in [-0.2, 0) is 5.75 Å². The van der Waals surface area contributed by atoms with Crippen LogP contribution in [0.15, 0.2) is 77.1 Å². The molecule has 0 saturated carbocycles. The molecule has 3 aromatic carbocycles. The van der Waals surface area contributed by atoms with Gasteiger partial charge in [-0.05, 0) is 35.9 Å². The number of halogens is 1. The Morgan fingerprint density at radius 1 is 1.10 bits per heavy atom. The van der Waals surface area contributed by atoms with Crippen molar-refractivity contribution in [3.8, 4) is 6.07 Å². The minimum Gasteiger partial charge on any atom is -0.332 e. The van der Waals surface area contributed by atoms with E-state index in [1.165, 1.54) is 12.1 Å². The first-order valence-electron chi connectivity index (χ1n) is 9.16. The summed E-state index contributed by atoms with van der Waals surface area (Å²) in [5, 5.41) is 11.9. The fraction of sp³-hybridized carbons (Fsp3) is 0.0870. The van der Waals surface area contributed by atoms with Crippen LogP contribution in [0.3, 0.4) is 0 Å². The maximum Gasteiger partial charge on any atom is 0.252 e. The molecule has 1 unspecified atom stereocenters. The smallest absolute Gasteiger partial charge is 0.252 e. The predicted octanol–water partition coefficient (Wildman–Crippen LogP) is 5.72. The molecule has 4 nitrogen and oxygen atoms in total. The van der Waals surface area contributed by atoms with E-state index in [0.29, 0.717) is 5.56 Å². The molecule has 148 valence electrons. The van der Waals surface area contributed by atoms with Crippen molar-refractivity contribution in [2.24, 2.45) is 0 Å². The molecule has 1 amide bonds. The number of thioether (sulfide) groups is 1. The zero-order chi connectivity index (χ0) is 20.9. The van der Waals surface area contributed by atoms with E-state index in [1.54, 1.807) is 47.4 Å². The number of aromatic nitrogens is 1. The summed E-state index contributed by atoms with van der Waals surface area (Å²) >= 11 is 3.31. The number of nitrogens with zero attached hydrogens (tertiary/aromatic N) is 2. The second-order valence-electron chi connectivity index (χ2n) is 6.49. The largest absolute Gasteiger partial charge is 0.332 e. The van der Waals surface area contributed by atoms with Gasteiger partial charge in [-0.2, -0.15) is 5.26 Å². The van der Waals surface area contributed by atoms with Crippen molar-refractivity contribution < 1.29 is 9.18 Å². The molecule has 1 heterocycles. The number of hydrogen-bond acceptors (Lipinski definition) is 5. The highest BCUT2D eigenvalue weighted by molar-refractivity contribution is 8.00. The third-order valence-electron chi connectivity index (χ3n) is 4.47. The molecule has 7 heteroatoms. The van der Waals surface area contributed by atoms with Crippen molar-refractivity contribution >= 4 is 39.2 Å². The first-order chi connectivity index (χ1) is 14.6. The van der Waals surface area contributed by atoms with Crippen molar-refractivity contribution in [2.45, 2.75) is 16.1 Å². The summed E-state index contributed by atoms with van der Waals surface area (Å²) in [7, 11) is 0. The number of nitriles is 1. The molecule has 1 aromatic heterocycles. The number of rotatable bonds is 6. The average Bonchev–Trinajstić information content (AvgIpc) is 3.20. The van der Waals surface area contributed by atoms with Gasteiger partial charge in [-0.25, -0.2) is 9.37 Å². The minimum atomic E-state index is -1.05. The number of benzene rings is 3. The second kappa shape index (κ2) is 9.08. The number of fused-ring (bicyclic) bond motifs is 1. The maximum atomic E-state index is 13.9. The van der Waals surface area contributed by atoms with Crippen LogP contribution in [0.5, 0.6) is 0 Å². The molecule has 0 fully saturated rings. The standard InChI is InChI=1S/C23H16FN3OS2/c24-18-6-2-1-5-17(18)20(13-25)26-22(28)16-11-9-15(10-12-16)14-29-23-27-19-7-3-4-8-21(19)30-23/h1-12,20H,14H2,(H,26,28). The van der Waals surface area contributed by atoms with Gasteiger partial charge in [0.15, 0.2) is 4.34 Å². The topological polar surface area (TPSA) is 65.8 Å². The van der Waals surface area contributed by atoms with Gasteiger partial charge in [-0.3, -0.25) is 4.79 Å². The number of carbonyl (C=O) groups is 1. The van der Waals surface area contributed by atoms with Crippen LogP contribution in [0, 0.1) is 17.1 Å². The number of nitrogens with one attached hydrogen (secondary N) is 1. The van der Waals surface area contributed by atoms with Gasteiger partial charge in [0.05, 0.1) is 16.3 Å². The van der Waals surface area contributed by atoms with E-state index in [0.717, 1.165) is 25.9 Å². The molecule has 1 N–H and O–H groups in total. The van der Waals surface area contributed by atoms with Gasteiger partial charge in [0.2, 0.25) is 0 Å². The Kier molecular flexibility index (Phi) is 6.07. The molecule has 0 spiro atoms. The van der Waals surface area contributed by atoms with Crippen molar-refractivity contribution in [2.75, 3.05) is 0 Å². The van der Waals surface area contributed by atoms with Crippen molar-refractivity contribution in [1.82, 2.24) is 10.3 Å². The highest BCUT2D eigenvalue weighted by Gasteiger charge is 2.18. The predicted molar refractivity (Wildman–Crippen MR) is 118 cm³/mol. The molecular weight excluding hydrogens is 417 g/mol. The summed E-state index contributed by atoms with van der Waals surface area (Å²) in [4.78, 5) is 17.1. The van der Waals surface area contributed by atoms with E-state index in [2.05, 4.69) is 16.4 Å². The maximum absolute atomic E-state index is 13.9. The molecule has 4 aromatic rings. The highest BCUT2D eigenvalue weighted by Crippen LogP contribution is 2.31. The lowest BCUT2D eigenvalue weighted by atomic mass is 10.1. The Bertz CT molecular complexity index is 1200. The first kappa shape index (κ1) is 20.1. The van der Waals surface area contributed by atoms with Crippen LogP contribution in [-0.4, -0.2) is 10.9 Å². The van der Waals surface area contributed by atoms with Crippen LogP contribution in [0.25, 0.3) is 10.2 Å². The van der Waals surface area contributed by atoms with Gasteiger partial charge in [-0.1, -0.05) is 54.2 Å². The molecule has 4 rings (SSSR count). The summed E-state index contributed by atoms with van der Waals surface area (Å²) < 4.78 is 16.1. The summed E-state index contributed by atoms with van der Waals surface area (Å²) in [5.74, 6) is -0.209. The van der Waals surface area contributed by atoms with E-state index in [9.17, 15) is 14.4 Å². The molecule has 0 saturated heterocycles. The van der Waals surface area contributed by atoms with E-state index in [1.807, 2.05) is 36.4 Å². The highest BCUT2D eigenvalue weighted by atomic mass is 32.2. The van der Waals surface area contributed by atoms with Crippen LogP contribution in [0.2, 0.25) is 0 Å². The Balaban J connectivity index is 1.39. The number of para-hydroxylation sites is 1. The molecule has 1 atom stereocenters. The van der Waals surface area contributed by atoms with Crippen LogP contribution in [0.1, 0.15) is 27.5 Å². The van der Waals surface area contributed by atoms with Gasteiger partial charge < -0.3 is 5.32 Å². The van der Waals surface area contributed by atoms with Crippen molar-refractivity contribution in [3.05, 3.63) is 95.3 Å². The molecule has 0 aliphatic heterocycles. The molecule has 0 aliphatic carbocycles. The van der Waals surface area contributed by atoms with Gasteiger partial charge in [-0.15, -0.1) is 11.3 Å². The zero-order valence-corrected chi connectivity index (χ0v) is 17.3. The van der Waals surface area contributed by atoms with E-state index < -0.39 is 17.8 Å². The van der Waals surface area contributed by atoms with Gasteiger partial charge in [0.1, 0.15) is 11.9 Å². The normalized spacial score (nSPS) is 11.7. The van der Waals surface area contributed by atoms with Gasteiger partial charge >= 0.3 is 0 Å². The lowest BCUT2D eigenvalue weighted by Crippen LogP contribution is -2.28. The minimum absolute atomic E-state index is 0.150. The zero-order valence-electron chi connectivity index (χ0n) is 15.7. The Hall–Kier alpha value is -3.21. The van der Waals surface area contributed by atoms with Crippen molar-refractivity contribution in [1.29, 1.82) is 5.26 Å². The fourth-order valence-electron chi connectivity index (χ4n) is 2.91. The van der Waals surface area contributed by atoms with Crippen LogP contribution >= 0.6 is 23.1 Å². The Morgan fingerprint density at radius 3 is 2.57 bits per heavy atom. The third kappa shape index (κ3) is 4.51. The third-order valence-corrected chi connectivity index (χ3v) is 6.72. The summed E-state index contributed by atoms with van der Waals surface area (Å²) in [5.41, 5.74) is 2.62. The summed E-state index contributed by atoms with van der Waals surface area (Å²) in [6, 6.07) is 22.0. The number of amides is 1. The summed E-state index contributed by atoms with van der Waals surface area (Å²) in [6.07, 6.45) is 0. The number of thiazole rings is 1. The Morgan fingerprint density at radius 2 is 1.83 bits per heavy atom. The van der Waals surface area contributed by atoms with E-state index >= 15 is 0 Å². The SMILES string of the molecule is N#CC(NC(=O)c1ccc(CSc2nc3ccccc3s2)cc1)c1ccccc1F. The monoisotopic (exact) mass is 433 g/mol. The molecule has 30 heavy (non-hydrogen) atoms. The quantitative estimate of drug-likeness (QED) is 0.395. The van der Waals surface area contributed by atoms with Crippen LogP contribution < -0.4 is 5.32 Å². The number of hydrogen-bond donors (Lipinski definition) is 1. The van der Waals surface area contributed by atoms with E-state index in [4.69, 9.17) is 0 Å². The molecule has 0 radical (unpaired) electrons. The summed E-state index contributed by atoms with van der Waals surface area (Å²) in [6.45, 7) is 0. The first-order valence-corrected chi connectivity index (χ1v) is 11.0. The van der Waals surface area contributed by atoms with E-state index in [-0.39, 0.29) is 5.56 Å². The van der Waals surface area contributed by atoms with Gasteiger partial charge in [0.25, 0.3) is 5.91 Å².